The van der Waals surface area contributed by atoms with Crippen LogP contribution in [-0.2, 0) is 4.74 Å². The number of hydrogen-bond donors (Lipinski definition) is 1. The minimum Gasteiger partial charge on any atom is -0.377 e. The van der Waals surface area contributed by atoms with Crippen LogP contribution in [0.5, 0.6) is 0 Å². The van der Waals surface area contributed by atoms with Crippen LogP contribution in [0.2, 0.25) is 0 Å². The van der Waals surface area contributed by atoms with Crippen LogP contribution in [0.25, 0.3) is 0 Å². The fourth-order valence-electron chi connectivity index (χ4n) is 1.49. The van der Waals surface area contributed by atoms with E-state index in [1.54, 1.807) is 0 Å². The standard InChI is InChI=1S/C10H21NO/c1-8(2)4-5-12-10-6-9(3)11-7-10/h8-11H,4-7H2,1-3H3/t9-,10-/m1/s1. The highest BCUT2D eigenvalue weighted by Gasteiger charge is 2.20. The number of nitrogens with one attached hydrogen (secondary N) is 1. The molecule has 1 N–H and O–H groups in total. The van der Waals surface area contributed by atoms with E-state index in [4.69, 9.17) is 4.74 Å². The van der Waals surface area contributed by atoms with Crippen LogP contribution in [0.4, 0.5) is 0 Å². The van der Waals surface area contributed by atoms with E-state index in [1.165, 1.54) is 12.8 Å². The monoisotopic (exact) mass is 171 g/mol. The Kier molecular flexibility index (Phi) is 4.02. The van der Waals surface area contributed by atoms with E-state index in [2.05, 4.69) is 26.1 Å². The van der Waals surface area contributed by atoms with Gasteiger partial charge in [-0.1, -0.05) is 13.8 Å². The molecular weight excluding hydrogens is 150 g/mol. The molecule has 0 radical (unpaired) electrons. The average molecular weight is 171 g/mol. The van der Waals surface area contributed by atoms with Gasteiger partial charge in [-0.2, -0.15) is 0 Å². The summed E-state index contributed by atoms with van der Waals surface area (Å²) in [6.07, 6.45) is 2.84. The van der Waals surface area contributed by atoms with E-state index in [9.17, 15) is 0 Å². The molecule has 2 heteroatoms. The molecule has 1 aliphatic heterocycles. The molecule has 0 spiro atoms. The molecule has 0 unspecified atom stereocenters. The molecule has 12 heavy (non-hydrogen) atoms. The molecule has 0 aromatic carbocycles. The third-order valence-corrected chi connectivity index (χ3v) is 2.36. The Balaban J connectivity index is 2.00. The smallest absolute Gasteiger partial charge is 0.0714 e. The molecule has 2 nitrogen and oxygen atoms in total. The molecule has 0 aromatic rings. The Morgan fingerprint density at radius 3 is 2.75 bits per heavy atom. The van der Waals surface area contributed by atoms with Gasteiger partial charge in [0.2, 0.25) is 0 Å². The van der Waals surface area contributed by atoms with Crippen molar-refractivity contribution in [3.05, 3.63) is 0 Å². The quantitative estimate of drug-likeness (QED) is 0.696. The van der Waals surface area contributed by atoms with Crippen molar-refractivity contribution in [1.82, 2.24) is 5.32 Å². The van der Waals surface area contributed by atoms with Crippen LogP contribution in [0.15, 0.2) is 0 Å². The zero-order valence-corrected chi connectivity index (χ0v) is 8.47. The second-order valence-electron chi connectivity index (χ2n) is 4.22. The molecule has 1 fully saturated rings. The Labute approximate surface area is 75.7 Å². The Morgan fingerprint density at radius 1 is 1.50 bits per heavy atom. The van der Waals surface area contributed by atoms with Crippen molar-refractivity contribution in [2.75, 3.05) is 13.2 Å². The van der Waals surface area contributed by atoms with Crippen molar-refractivity contribution in [2.45, 2.75) is 45.8 Å². The van der Waals surface area contributed by atoms with Crippen molar-refractivity contribution in [3.8, 4) is 0 Å². The van der Waals surface area contributed by atoms with Crippen LogP contribution in [0.1, 0.15) is 33.6 Å². The first-order valence-electron chi connectivity index (χ1n) is 5.03. The van der Waals surface area contributed by atoms with Crippen LogP contribution < -0.4 is 5.32 Å². The maximum Gasteiger partial charge on any atom is 0.0714 e. The lowest BCUT2D eigenvalue weighted by Gasteiger charge is -2.11. The van der Waals surface area contributed by atoms with Crippen LogP contribution in [0, 0.1) is 5.92 Å². The molecule has 0 aliphatic carbocycles. The summed E-state index contributed by atoms with van der Waals surface area (Å²) in [6, 6.07) is 0.647. The number of hydrogen-bond acceptors (Lipinski definition) is 2. The van der Waals surface area contributed by atoms with Crippen LogP contribution >= 0.6 is 0 Å². The average Bonchev–Trinajstić information content (AvgIpc) is 2.35. The lowest BCUT2D eigenvalue weighted by molar-refractivity contribution is 0.0585. The highest BCUT2D eigenvalue weighted by Crippen LogP contribution is 2.10. The summed E-state index contributed by atoms with van der Waals surface area (Å²) in [6.45, 7) is 8.65. The van der Waals surface area contributed by atoms with E-state index in [1.807, 2.05) is 0 Å². The van der Waals surface area contributed by atoms with E-state index in [-0.39, 0.29) is 0 Å². The second kappa shape index (κ2) is 4.83. The molecule has 2 atom stereocenters. The van der Waals surface area contributed by atoms with Gasteiger partial charge in [0, 0.05) is 19.2 Å². The van der Waals surface area contributed by atoms with Gasteiger partial charge in [0.25, 0.3) is 0 Å². The summed E-state index contributed by atoms with van der Waals surface area (Å²) in [5.74, 6) is 0.761. The Bertz CT molecular complexity index is 125. The molecular formula is C10H21NO. The van der Waals surface area contributed by atoms with Crippen molar-refractivity contribution >= 4 is 0 Å². The van der Waals surface area contributed by atoms with Gasteiger partial charge in [-0.25, -0.2) is 0 Å². The van der Waals surface area contributed by atoms with Gasteiger partial charge >= 0.3 is 0 Å². The molecule has 1 aliphatic rings. The highest BCUT2D eigenvalue weighted by atomic mass is 16.5. The van der Waals surface area contributed by atoms with E-state index in [0.29, 0.717) is 12.1 Å². The Morgan fingerprint density at radius 2 is 2.25 bits per heavy atom. The first-order chi connectivity index (χ1) is 5.68. The van der Waals surface area contributed by atoms with Crippen LogP contribution in [-0.4, -0.2) is 25.3 Å². The third-order valence-electron chi connectivity index (χ3n) is 2.36. The zero-order chi connectivity index (χ0) is 8.97. The lowest BCUT2D eigenvalue weighted by atomic mass is 10.1. The first kappa shape index (κ1) is 10.0. The van der Waals surface area contributed by atoms with Gasteiger partial charge in [-0.15, -0.1) is 0 Å². The number of rotatable bonds is 4. The summed E-state index contributed by atoms with van der Waals surface area (Å²) in [5, 5.41) is 3.38. The molecule has 0 saturated carbocycles. The normalized spacial score (nSPS) is 30.0. The zero-order valence-electron chi connectivity index (χ0n) is 8.47. The van der Waals surface area contributed by atoms with Gasteiger partial charge < -0.3 is 10.1 Å². The maximum atomic E-state index is 5.72. The number of ether oxygens (including phenoxy) is 1. The van der Waals surface area contributed by atoms with Crippen LogP contribution in [0.3, 0.4) is 0 Å². The predicted octanol–water partition coefficient (Wildman–Crippen LogP) is 1.80. The molecule has 0 amide bonds. The highest BCUT2D eigenvalue weighted by molar-refractivity contribution is 4.78. The van der Waals surface area contributed by atoms with Gasteiger partial charge in [-0.05, 0) is 25.7 Å². The maximum absolute atomic E-state index is 5.72. The van der Waals surface area contributed by atoms with Gasteiger partial charge in [0.1, 0.15) is 0 Å². The van der Waals surface area contributed by atoms with Gasteiger partial charge in [0.15, 0.2) is 0 Å². The van der Waals surface area contributed by atoms with Crippen molar-refractivity contribution in [1.29, 1.82) is 0 Å². The molecule has 1 heterocycles. The minimum absolute atomic E-state index is 0.471. The van der Waals surface area contributed by atoms with Crippen molar-refractivity contribution in [2.24, 2.45) is 5.92 Å². The SMILES string of the molecule is CC(C)CCO[C@H]1CN[C@H](C)C1. The summed E-state index contributed by atoms with van der Waals surface area (Å²) in [7, 11) is 0. The lowest BCUT2D eigenvalue weighted by Crippen LogP contribution is -2.19. The summed E-state index contributed by atoms with van der Waals surface area (Å²) >= 11 is 0. The van der Waals surface area contributed by atoms with Crippen molar-refractivity contribution in [3.63, 3.8) is 0 Å². The topological polar surface area (TPSA) is 21.3 Å². The molecule has 0 aromatic heterocycles. The van der Waals surface area contributed by atoms with E-state index in [0.717, 1.165) is 19.1 Å². The van der Waals surface area contributed by atoms with Gasteiger partial charge in [0.05, 0.1) is 6.10 Å². The van der Waals surface area contributed by atoms with E-state index >= 15 is 0 Å². The largest absolute Gasteiger partial charge is 0.377 e. The summed E-state index contributed by atoms with van der Waals surface area (Å²) < 4.78 is 5.72. The summed E-state index contributed by atoms with van der Waals surface area (Å²) in [4.78, 5) is 0. The van der Waals surface area contributed by atoms with Gasteiger partial charge in [-0.3, -0.25) is 0 Å². The fraction of sp³-hybridized carbons (Fsp3) is 1.00. The second-order valence-corrected chi connectivity index (χ2v) is 4.22. The molecule has 1 rings (SSSR count). The third kappa shape index (κ3) is 3.55. The molecule has 72 valence electrons. The Hall–Kier alpha value is -0.0800. The predicted molar refractivity (Wildman–Crippen MR) is 51.3 cm³/mol. The minimum atomic E-state index is 0.471. The fourth-order valence-corrected chi connectivity index (χ4v) is 1.49. The molecule has 0 bridgehead atoms. The van der Waals surface area contributed by atoms with Crippen molar-refractivity contribution < 1.29 is 4.74 Å². The first-order valence-corrected chi connectivity index (χ1v) is 5.03. The van der Waals surface area contributed by atoms with E-state index < -0.39 is 0 Å². The summed E-state index contributed by atoms with van der Waals surface area (Å²) in [5.41, 5.74) is 0. The molecule has 1 saturated heterocycles.